The minimum absolute atomic E-state index is 0.0476. The van der Waals surface area contributed by atoms with Gasteiger partial charge in [0.15, 0.2) is 0 Å². The average molecular weight is 366 g/mol. The van der Waals surface area contributed by atoms with Crippen LogP contribution in [-0.4, -0.2) is 30.5 Å². The number of ether oxygens (including phenoxy) is 1. The Kier molecular flexibility index (Phi) is 5.54. The fraction of sp³-hybridized carbons (Fsp3) is 0.286. The van der Waals surface area contributed by atoms with Crippen molar-refractivity contribution < 1.29 is 24.2 Å². The number of hydrogen-bond donors (Lipinski definition) is 1. The molecule has 27 heavy (non-hydrogen) atoms. The summed E-state index contributed by atoms with van der Waals surface area (Å²) in [5, 5.41) is 13.3. The number of amides is 1. The summed E-state index contributed by atoms with van der Waals surface area (Å²) in [5.74, 6) is -2.46. The van der Waals surface area contributed by atoms with E-state index in [1.54, 1.807) is 0 Å². The summed E-state index contributed by atoms with van der Waals surface area (Å²) in [6.45, 7) is 1.40. The predicted molar refractivity (Wildman–Crippen MR) is 96.5 cm³/mol. The third-order valence-corrected chi connectivity index (χ3v) is 4.67. The van der Waals surface area contributed by atoms with Crippen molar-refractivity contribution in [2.75, 3.05) is 6.61 Å². The predicted octanol–water partition coefficient (Wildman–Crippen LogP) is 1.38. The number of esters is 1. The molecule has 0 heterocycles. The Bertz CT molecular complexity index is 831. The van der Waals surface area contributed by atoms with Gasteiger partial charge in [0.2, 0.25) is 5.91 Å². The maximum absolute atomic E-state index is 12.1. The maximum atomic E-state index is 12.1. The van der Waals surface area contributed by atoms with E-state index in [4.69, 9.17) is 4.74 Å². The standard InChI is InChI=1S/C21H21NO5/c1-13(23)22-19(21(25)26)10-11-20(24)27-12-18-16-8-4-2-6-14(16)15-7-3-5-9-17(15)18/h2-9,18-19H,10-12H2,1H3,(H,22,23)(H,25,26)/p-1/t19-/m0/s1. The Morgan fingerprint density at radius 1 is 1.04 bits per heavy atom. The summed E-state index contributed by atoms with van der Waals surface area (Å²) < 4.78 is 5.41. The van der Waals surface area contributed by atoms with Gasteiger partial charge in [0, 0.05) is 19.3 Å². The largest absolute Gasteiger partial charge is 0.548 e. The summed E-state index contributed by atoms with van der Waals surface area (Å²) in [6.07, 6.45) is -0.187. The van der Waals surface area contributed by atoms with E-state index in [0.29, 0.717) is 0 Å². The van der Waals surface area contributed by atoms with Crippen molar-refractivity contribution in [2.45, 2.75) is 31.7 Å². The summed E-state index contributed by atoms with van der Waals surface area (Å²) in [4.78, 5) is 34.1. The van der Waals surface area contributed by atoms with Crippen molar-refractivity contribution in [2.24, 2.45) is 0 Å². The molecule has 0 aromatic heterocycles. The van der Waals surface area contributed by atoms with Crippen LogP contribution in [0.15, 0.2) is 48.5 Å². The Morgan fingerprint density at radius 2 is 1.59 bits per heavy atom. The normalized spacial score (nSPS) is 13.4. The number of carboxylic acids is 1. The second-order valence-corrected chi connectivity index (χ2v) is 6.52. The first-order valence-electron chi connectivity index (χ1n) is 8.79. The lowest BCUT2D eigenvalue weighted by Crippen LogP contribution is -2.47. The van der Waals surface area contributed by atoms with Gasteiger partial charge in [0.05, 0.1) is 12.0 Å². The van der Waals surface area contributed by atoms with E-state index in [2.05, 4.69) is 5.32 Å². The number of rotatable bonds is 7. The van der Waals surface area contributed by atoms with Crippen molar-refractivity contribution in [3.63, 3.8) is 0 Å². The summed E-state index contributed by atoms with van der Waals surface area (Å²) >= 11 is 0. The van der Waals surface area contributed by atoms with Gasteiger partial charge < -0.3 is 20.0 Å². The molecule has 1 amide bonds. The number of benzene rings is 2. The molecular formula is C21H20NO5-. The number of aliphatic carboxylic acids is 1. The number of carbonyl (C=O) groups is 3. The van der Waals surface area contributed by atoms with Crippen LogP contribution >= 0.6 is 0 Å². The lowest BCUT2D eigenvalue weighted by Gasteiger charge is -2.19. The van der Waals surface area contributed by atoms with Crippen LogP contribution in [0.5, 0.6) is 0 Å². The van der Waals surface area contributed by atoms with E-state index in [9.17, 15) is 19.5 Å². The van der Waals surface area contributed by atoms with E-state index >= 15 is 0 Å². The molecule has 0 saturated carbocycles. The highest BCUT2D eigenvalue weighted by molar-refractivity contribution is 5.82. The highest BCUT2D eigenvalue weighted by Crippen LogP contribution is 2.44. The van der Waals surface area contributed by atoms with Gasteiger partial charge in [-0.25, -0.2) is 0 Å². The quantitative estimate of drug-likeness (QED) is 0.747. The van der Waals surface area contributed by atoms with Crippen LogP contribution in [-0.2, 0) is 19.1 Å². The van der Waals surface area contributed by atoms with Gasteiger partial charge in [-0.15, -0.1) is 0 Å². The Hall–Kier alpha value is -3.15. The van der Waals surface area contributed by atoms with E-state index in [-0.39, 0.29) is 25.4 Å². The fourth-order valence-electron chi connectivity index (χ4n) is 3.44. The molecule has 1 aliphatic carbocycles. The van der Waals surface area contributed by atoms with Gasteiger partial charge in [-0.1, -0.05) is 48.5 Å². The van der Waals surface area contributed by atoms with Crippen LogP contribution in [0.2, 0.25) is 0 Å². The molecule has 6 heteroatoms. The minimum Gasteiger partial charge on any atom is -0.548 e. The first-order valence-corrected chi connectivity index (χ1v) is 8.79. The number of nitrogens with one attached hydrogen (secondary N) is 1. The van der Waals surface area contributed by atoms with Crippen molar-refractivity contribution in [1.82, 2.24) is 5.32 Å². The van der Waals surface area contributed by atoms with E-state index in [1.165, 1.54) is 6.92 Å². The number of carbonyl (C=O) groups excluding carboxylic acids is 3. The van der Waals surface area contributed by atoms with Crippen LogP contribution in [0.1, 0.15) is 36.8 Å². The smallest absolute Gasteiger partial charge is 0.305 e. The Morgan fingerprint density at radius 3 is 2.11 bits per heavy atom. The molecule has 0 bridgehead atoms. The molecule has 0 aliphatic heterocycles. The minimum atomic E-state index is -1.42. The molecule has 0 fully saturated rings. The molecule has 0 saturated heterocycles. The average Bonchev–Trinajstić information content (AvgIpc) is 2.97. The maximum Gasteiger partial charge on any atom is 0.305 e. The van der Waals surface area contributed by atoms with Crippen molar-refractivity contribution >= 4 is 17.8 Å². The molecule has 1 aliphatic rings. The molecule has 0 radical (unpaired) electrons. The zero-order valence-corrected chi connectivity index (χ0v) is 14.9. The fourth-order valence-corrected chi connectivity index (χ4v) is 3.44. The van der Waals surface area contributed by atoms with Gasteiger partial charge in [-0.05, 0) is 28.7 Å². The molecule has 1 N–H and O–H groups in total. The molecule has 3 rings (SSSR count). The second kappa shape index (κ2) is 8.03. The molecule has 2 aromatic carbocycles. The monoisotopic (exact) mass is 366 g/mol. The Balaban J connectivity index is 1.62. The topological polar surface area (TPSA) is 95.5 Å². The van der Waals surface area contributed by atoms with Gasteiger partial charge in [-0.3, -0.25) is 9.59 Å². The van der Waals surface area contributed by atoms with Crippen molar-refractivity contribution in [3.05, 3.63) is 59.7 Å². The zero-order valence-electron chi connectivity index (χ0n) is 14.9. The lowest BCUT2D eigenvalue weighted by molar-refractivity contribution is -0.308. The zero-order chi connectivity index (χ0) is 19.4. The summed E-state index contributed by atoms with van der Waals surface area (Å²) in [6, 6.07) is 14.8. The number of fused-ring (bicyclic) bond motifs is 3. The molecule has 0 unspecified atom stereocenters. The Labute approximate surface area is 157 Å². The van der Waals surface area contributed by atoms with Crippen LogP contribution < -0.4 is 10.4 Å². The van der Waals surface area contributed by atoms with Gasteiger partial charge in [0.1, 0.15) is 6.61 Å². The van der Waals surface area contributed by atoms with Crippen LogP contribution in [0.25, 0.3) is 11.1 Å². The number of carboxylic acid groups (broad SMARTS) is 1. The van der Waals surface area contributed by atoms with Crippen molar-refractivity contribution in [3.8, 4) is 11.1 Å². The third kappa shape index (κ3) is 4.16. The van der Waals surface area contributed by atoms with Gasteiger partial charge in [0.25, 0.3) is 0 Å². The lowest BCUT2D eigenvalue weighted by atomic mass is 9.98. The first kappa shape index (κ1) is 18.6. The second-order valence-electron chi connectivity index (χ2n) is 6.52. The molecular weight excluding hydrogens is 346 g/mol. The third-order valence-electron chi connectivity index (χ3n) is 4.67. The van der Waals surface area contributed by atoms with Crippen LogP contribution in [0.3, 0.4) is 0 Å². The van der Waals surface area contributed by atoms with E-state index in [0.717, 1.165) is 22.3 Å². The highest BCUT2D eigenvalue weighted by atomic mass is 16.5. The van der Waals surface area contributed by atoms with Gasteiger partial charge >= 0.3 is 5.97 Å². The van der Waals surface area contributed by atoms with Crippen LogP contribution in [0.4, 0.5) is 0 Å². The molecule has 2 aromatic rings. The van der Waals surface area contributed by atoms with E-state index < -0.39 is 23.9 Å². The van der Waals surface area contributed by atoms with Gasteiger partial charge in [-0.2, -0.15) is 0 Å². The van der Waals surface area contributed by atoms with E-state index in [1.807, 2.05) is 48.5 Å². The summed E-state index contributed by atoms with van der Waals surface area (Å²) in [7, 11) is 0. The molecule has 1 atom stereocenters. The highest BCUT2D eigenvalue weighted by Gasteiger charge is 2.29. The molecule has 140 valence electrons. The van der Waals surface area contributed by atoms with Crippen LogP contribution in [0, 0.1) is 0 Å². The molecule has 0 spiro atoms. The first-order chi connectivity index (χ1) is 13.0. The number of hydrogen-bond acceptors (Lipinski definition) is 5. The SMILES string of the molecule is CC(=O)N[C@@H](CCC(=O)OCC1c2ccccc2-c2ccccc21)C(=O)[O-]. The molecule has 6 nitrogen and oxygen atoms in total. The van der Waals surface area contributed by atoms with Crippen molar-refractivity contribution in [1.29, 1.82) is 0 Å². The summed E-state index contributed by atoms with van der Waals surface area (Å²) in [5.41, 5.74) is 4.49.